The molecule has 1 N–H and O–H groups in total. The Morgan fingerprint density at radius 2 is 1.90 bits per heavy atom. The largest absolute Gasteiger partial charge is 0.475 e. The number of halogens is 1. The van der Waals surface area contributed by atoms with E-state index in [1.54, 1.807) is 6.07 Å². The maximum atomic E-state index is 12.2. The number of hydrogen-bond donors (Lipinski definition) is 1. The van der Waals surface area contributed by atoms with Gasteiger partial charge < -0.3 is 4.74 Å². The molecule has 4 nitrogen and oxygen atoms in total. The molecule has 0 radical (unpaired) electrons. The minimum Gasteiger partial charge on any atom is -0.475 e. The van der Waals surface area contributed by atoms with Crippen LogP contribution >= 0.6 is 11.6 Å². The predicted octanol–water partition coefficient (Wildman–Crippen LogP) is 3.64. The van der Waals surface area contributed by atoms with Gasteiger partial charge in [-0.2, -0.15) is 0 Å². The molecule has 0 aliphatic heterocycles. The summed E-state index contributed by atoms with van der Waals surface area (Å²) in [5, 5.41) is 0.383. The molecule has 0 saturated carbocycles. The Kier molecular flexibility index (Phi) is 5.98. The predicted molar refractivity (Wildman–Crippen MR) is 84.5 cm³/mol. The summed E-state index contributed by atoms with van der Waals surface area (Å²) in [5.74, 6) is 0.485. The van der Waals surface area contributed by atoms with E-state index in [1.807, 2.05) is 47.6 Å². The Bertz CT molecular complexity index is 487. The molecule has 1 rings (SSSR count). The molecule has 1 heterocycles. The van der Waals surface area contributed by atoms with Crippen molar-refractivity contribution in [2.75, 3.05) is 0 Å². The molecule has 0 aliphatic carbocycles. The van der Waals surface area contributed by atoms with Crippen LogP contribution in [-0.4, -0.2) is 20.0 Å². The lowest BCUT2D eigenvalue weighted by atomic mass is 10.1. The highest BCUT2D eigenvalue weighted by Gasteiger charge is 2.23. The molecule has 114 valence electrons. The van der Waals surface area contributed by atoms with E-state index >= 15 is 0 Å². The Morgan fingerprint density at radius 3 is 2.40 bits per heavy atom. The number of nitrogens with one attached hydrogen (secondary N) is 1. The van der Waals surface area contributed by atoms with Crippen molar-refractivity contribution >= 4 is 22.6 Å². The van der Waals surface area contributed by atoms with Crippen molar-refractivity contribution in [3.63, 3.8) is 0 Å². The molecule has 0 saturated heterocycles. The molecule has 0 fully saturated rings. The summed E-state index contributed by atoms with van der Waals surface area (Å²) in [5.41, 5.74) is 0.848. The van der Waals surface area contributed by atoms with E-state index in [9.17, 15) is 4.21 Å². The maximum absolute atomic E-state index is 12.2. The van der Waals surface area contributed by atoms with Gasteiger partial charge in [-0.25, -0.2) is 13.9 Å². The quantitative estimate of drug-likeness (QED) is 0.843. The topological polar surface area (TPSA) is 51.2 Å². The van der Waals surface area contributed by atoms with Crippen LogP contribution in [0, 0.1) is 0 Å². The van der Waals surface area contributed by atoms with Crippen molar-refractivity contribution < 1.29 is 8.95 Å². The van der Waals surface area contributed by atoms with Crippen LogP contribution < -0.4 is 9.46 Å². The van der Waals surface area contributed by atoms with Crippen LogP contribution in [0.2, 0.25) is 5.15 Å². The second-order valence-electron chi connectivity index (χ2n) is 5.92. The number of nitrogens with zero attached hydrogens (tertiary/aromatic N) is 1. The summed E-state index contributed by atoms with van der Waals surface area (Å²) in [6.45, 7) is 11.6. The van der Waals surface area contributed by atoms with Crippen LogP contribution in [0.5, 0.6) is 5.88 Å². The van der Waals surface area contributed by atoms with Gasteiger partial charge in [0.25, 0.3) is 0 Å². The van der Waals surface area contributed by atoms with Gasteiger partial charge in [0.15, 0.2) is 0 Å². The van der Waals surface area contributed by atoms with Gasteiger partial charge >= 0.3 is 0 Å². The number of ether oxygens (including phenoxy) is 1. The van der Waals surface area contributed by atoms with Crippen molar-refractivity contribution in [1.82, 2.24) is 9.71 Å². The zero-order valence-corrected chi connectivity index (χ0v) is 14.4. The van der Waals surface area contributed by atoms with Gasteiger partial charge in [0.1, 0.15) is 5.15 Å². The minimum atomic E-state index is -1.16. The van der Waals surface area contributed by atoms with Crippen LogP contribution in [-0.2, 0) is 11.0 Å². The molecule has 0 aromatic carbocycles. The number of hydrogen-bond acceptors (Lipinski definition) is 3. The third-order valence-electron chi connectivity index (χ3n) is 2.51. The first-order valence-electron chi connectivity index (χ1n) is 6.62. The van der Waals surface area contributed by atoms with Gasteiger partial charge in [-0.15, -0.1) is 0 Å². The molecular weight excluding hydrogens is 296 g/mol. The van der Waals surface area contributed by atoms with Crippen LogP contribution in [0.15, 0.2) is 12.1 Å². The van der Waals surface area contributed by atoms with E-state index in [1.165, 1.54) is 0 Å². The Balaban J connectivity index is 2.97. The van der Waals surface area contributed by atoms with E-state index in [4.69, 9.17) is 16.3 Å². The van der Waals surface area contributed by atoms with Crippen LogP contribution in [0.4, 0.5) is 0 Å². The molecule has 0 spiro atoms. The molecule has 2 atom stereocenters. The van der Waals surface area contributed by atoms with Gasteiger partial charge in [-0.1, -0.05) is 11.6 Å². The molecule has 0 bridgehead atoms. The summed E-state index contributed by atoms with van der Waals surface area (Å²) < 4.78 is 20.6. The lowest BCUT2D eigenvalue weighted by molar-refractivity contribution is 0.229. The highest BCUT2D eigenvalue weighted by atomic mass is 35.5. The number of rotatable bonds is 5. The standard InChI is InChI=1S/C14H23ClN2O2S/c1-9(2)19-13-11(7-8-12(15)16-13)10(3)17-20(18)14(4,5)6/h7-10,17H,1-6H3/t10-,20?/m0/s1. The van der Waals surface area contributed by atoms with Crippen molar-refractivity contribution in [2.45, 2.75) is 58.4 Å². The SMILES string of the molecule is CC(C)Oc1nc(Cl)ccc1[C@H](C)NS(=O)C(C)(C)C. The first kappa shape index (κ1) is 17.4. The lowest BCUT2D eigenvalue weighted by Crippen LogP contribution is -2.35. The van der Waals surface area contributed by atoms with Crippen molar-refractivity contribution in [2.24, 2.45) is 0 Å². The van der Waals surface area contributed by atoms with Crippen LogP contribution in [0.25, 0.3) is 0 Å². The van der Waals surface area contributed by atoms with Gasteiger partial charge in [-0.05, 0) is 53.7 Å². The van der Waals surface area contributed by atoms with Gasteiger partial charge in [0.2, 0.25) is 5.88 Å². The monoisotopic (exact) mass is 318 g/mol. The van der Waals surface area contributed by atoms with E-state index < -0.39 is 11.0 Å². The highest BCUT2D eigenvalue weighted by molar-refractivity contribution is 7.84. The molecule has 1 aromatic heterocycles. The highest BCUT2D eigenvalue weighted by Crippen LogP contribution is 2.27. The van der Waals surface area contributed by atoms with Crippen LogP contribution in [0.3, 0.4) is 0 Å². The molecule has 0 amide bonds. The van der Waals surface area contributed by atoms with Crippen molar-refractivity contribution in [1.29, 1.82) is 0 Å². The van der Waals surface area contributed by atoms with Crippen molar-refractivity contribution in [3.05, 3.63) is 22.8 Å². The lowest BCUT2D eigenvalue weighted by Gasteiger charge is -2.23. The summed E-state index contributed by atoms with van der Waals surface area (Å²) in [4.78, 5) is 4.21. The normalized spacial score (nSPS) is 15.2. The number of aromatic nitrogens is 1. The third-order valence-corrected chi connectivity index (χ3v) is 4.40. The van der Waals surface area contributed by atoms with Gasteiger partial charge in [-0.3, -0.25) is 0 Å². The summed E-state index contributed by atoms with van der Waals surface area (Å²) in [6, 6.07) is 3.42. The Hall–Kier alpha value is -0.650. The van der Waals surface area contributed by atoms with E-state index in [0.29, 0.717) is 11.0 Å². The molecule has 1 aromatic rings. The van der Waals surface area contributed by atoms with Crippen molar-refractivity contribution in [3.8, 4) is 5.88 Å². The summed E-state index contributed by atoms with van der Waals surface area (Å²) in [6.07, 6.45) is 0.0000280. The summed E-state index contributed by atoms with van der Waals surface area (Å²) >= 11 is 5.91. The number of pyridine rings is 1. The molecule has 20 heavy (non-hydrogen) atoms. The molecular formula is C14H23ClN2O2S. The third kappa shape index (κ3) is 5.04. The Morgan fingerprint density at radius 1 is 1.30 bits per heavy atom. The van der Waals surface area contributed by atoms with Gasteiger partial charge in [0.05, 0.1) is 21.8 Å². The van der Waals surface area contributed by atoms with E-state index in [-0.39, 0.29) is 16.9 Å². The minimum absolute atomic E-state index is 0.0000280. The first-order valence-corrected chi connectivity index (χ1v) is 8.15. The van der Waals surface area contributed by atoms with Gasteiger partial charge in [0, 0.05) is 11.6 Å². The smallest absolute Gasteiger partial charge is 0.219 e. The molecule has 1 unspecified atom stereocenters. The fraction of sp³-hybridized carbons (Fsp3) is 0.643. The average Bonchev–Trinajstić information content (AvgIpc) is 2.26. The zero-order valence-electron chi connectivity index (χ0n) is 12.9. The fourth-order valence-electron chi connectivity index (χ4n) is 1.48. The first-order chi connectivity index (χ1) is 9.11. The fourth-order valence-corrected chi connectivity index (χ4v) is 2.42. The molecule has 0 aliphatic rings. The maximum Gasteiger partial charge on any atom is 0.219 e. The second-order valence-corrected chi connectivity index (χ2v) is 8.30. The molecule has 6 heteroatoms. The average molecular weight is 319 g/mol. The zero-order chi connectivity index (χ0) is 15.5. The Labute approximate surface area is 128 Å². The summed E-state index contributed by atoms with van der Waals surface area (Å²) in [7, 11) is -1.16. The van der Waals surface area contributed by atoms with Crippen LogP contribution in [0.1, 0.15) is 53.1 Å². The van der Waals surface area contributed by atoms with E-state index in [2.05, 4.69) is 9.71 Å². The van der Waals surface area contributed by atoms with E-state index in [0.717, 1.165) is 5.56 Å². The second kappa shape index (κ2) is 6.87.